The molecule has 0 spiro atoms. The van der Waals surface area contributed by atoms with Crippen LogP contribution in [0.5, 0.6) is 0 Å². The summed E-state index contributed by atoms with van der Waals surface area (Å²) in [5.74, 6) is -1.41. The topological polar surface area (TPSA) is 95.0 Å². The molecular weight excluding hydrogens is 479 g/mol. The normalized spacial score (nSPS) is 11.8. The summed E-state index contributed by atoms with van der Waals surface area (Å²) in [7, 11) is 0. The second kappa shape index (κ2) is 9.79. The average Bonchev–Trinajstić information content (AvgIpc) is 2.82. The van der Waals surface area contributed by atoms with Gasteiger partial charge in [-0.15, -0.1) is 0 Å². The number of esters is 1. The maximum Gasteiger partial charge on any atom is 0.341 e. The highest BCUT2D eigenvalue weighted by molar-refractivity contribution is 6.35. The van der Waals surface area contributed by atoms with Crippen LogP contribution in [0, 0.1) is 0 Å². The molecule has 8 nitrogen and oxygen atoms in total. The molecule has 0 unspecified atom stereocenters. The molecule has 4 aromatic rings. The Morgan fingerprint density at radius 3 is 2.62 bits per heavy atom. The molecule has 34 heavy (non-hydrogen) atoms. The summed E-state index contributed by atoms with van der Waals surface area (Å²) < 4.78 is 8.19. The molecule has 174 valence electrons. The molecule has 4 rings (SSSR count). The van der Waals surface area contributed by atoms with E-state index in [-0.39, 0.29) is 39.2 Å². The molecule has 0 saturated carbocycles. The third-order valence-electron chi connectivity index (χ3n) is 5.10. The number of benzene rings is 1. The maximum absolute atomic E-state index is 13.2. The number of halogens is 2. The molecule has 0 aliphatic heterocycles. The van der Waals surface area contributed by atoms with Crippen molar-refractivity contribution < 1.29 is 14.3 Å². The highest BCUT2D eigenvalue weighted by atomic mass is 35.5. The Bertz CT molecular complexity index is 1570. The van der Waals surface area contributed by atoms with Crippen LogP contribution >= 0.6 is 23.2 Å². The van der Waals surface area contributed by atoms with Crippen molar-refractivity contribution in [2.75, 3.05) is 6.61 Å². The van der Waals surface area contributed by atoms with Crippen LogP contribution in [-0.4, -0.2) is 32.4 Å². The van der Waals surface area contributed by atoms with Gasteiger partial charge in [0.15, 0.2) is 5.49 Å². The lowest BCUT2D eigenvalue weighted by Crippen LogP contribution is -2.32. The fourth-order valence-corrected chi connectivity index (χ4v) is 3.98. The van der Waals surface area contributed by atoms with Crippen molar-refractivity contribution in [2.24, 2.45) is 4.99 Å². The highest BCUT2D eigenvalue weighted by Crippen LogP contribution is 2.21. The number of aryl methyl sites for hydroxylation is 1. The lowest BCUT2D eigenvalue weighted by Gasteiger charge is -2.14. The van der Waals surface area contributed by atoms with Crippen LogP contribution < -0.4 is 11.0 Å². The number of pyridine rings is 2. The number of carbonyl (C=O) groups excluding carboxylic acids is 2. The first-order chi connectivity index (χ1) is 16.3. The summed E-state index contributed by atoms with van der Waals surface area (Å²) in [5.41, 5.74) is 0.453. The molecule has 3 heterocycles. The van der Waals surface area contributed by atoms with Gasteiger partial charge in [0.2, 0.25) is 0 Å². The average molecular weight is 499 g/mol. The van der Waals surface area contributed by atoms with Crippen molar-refractivity contribution in [3.63, 3.8) is 0 Å². The standard InChI is InChI=1S/C24H20Cl2N4O4/c1-3-10-30-20-16(23(32)29-11-6-5-7-19(29)27-20)13-17(24(33)34-4-2)21(30)28-22(31)15-12-14(25)8-9-18(15)26/h5-9,11-13H,3-4,10H2,1-2H3. The zero-order valence-electron chi connectivity index (χ0n) is 18.4. The second-order valence-electron chi connectivity index (χ2n) is 7.38. The summed E-state index contributed by atoms with van der Waals surface area (Å²) in [4.78, 5) is 48.1. The van der Waals surface area contributed by atoms with Crippen molar-refractivity contribution in [1.82, 2.24) is 14.0 Å². The lowest BCUT2D eigenvalue weighted by molar-refractivity contribution is 0.0523. The Morgan fingerprint density at radius 2 is 1.88 bits per heavy atom. The number of ether oxygens (including phenoxy) is 1. The molecule has 10 heteroatoms. The molecule has 0 radical (unpaired) electrons. The summed E-state index contributed by atoms with van der Waals surface area (Å²) in [6.07, 6.45) is 2.22. The summed E-state index contributed by atoms with van der Waals surface area (Å²) in [5, 5.41) is 0.683. The number of nitrogens with zero attached hydrogens (tertiary/aromatic N) is 4. The number of rotatable bonds is 5. The Hall–Kier alpha value is -3.49. The number of carbonyl (C=O) groups is 2. The van der Waals surface area contributed by atoms with Crippen LogP contribution in [0.1, 0.15) is 41.0 Å². The Balaban J connectivity index is 2.13. The molecule has 0 aliphatic rings. The first-order valence-electron chi connectivity index (χ1n) is 10.6. The summed E-state index contributed by atoms with van der Waals surface area (Å²) in [6, 6.07) is 11.0. The van der Waals surface area contributed by atoms with Gasteiger partial charge in [-0.3, -0.25) is 14.0 Å². The van der Waals surface area contributed by atoms with Gasteiger partial charge in [-0.2, -0.15) is 4.99 Å². The third-order valence-corrected chi connectivity index (χ3v) is 5.66. The van der Waals surface area contributed by atoms with Gasteiger partial charge >= 0.3 is 5.97 Å². The van der Waals surface area contributed by atoms with Gasteiger partial charge in [-0.1, -0.05) is 36.2 Å². The van der Waals surface area contributed by atoms with Crippen molar-refractivity contribution in [2.45, 2.75) is 26.8 Å². The highest BCUT2D eigenvalue weighted by Gasteiger charge is 2.20. The van der Waals surface area contributed by atoms with Crippen LogP contribution in [0.25, 0.3) is 16.7 Å². The van der Waals surface area contributed by atoms with Crippen LogP contribution in [0.2, 0.25) is 10.0 Å². The molecule has 1 aromatic carbocycles. The quantitative estimate of drug-likeness (QED) is 0.302. The zero-order chi connectivity index (χ0) is 24.4. The first-order valence-corrected chi connectivity index (χ1v) is 11.4. The van der Waals surface area contributed by atoms with E-state index in [1.807, 2.05) is 6.92 Å². The second-order valence-corrected chi connectivity index (χ2v) is 8.22. The minimum Gasteiger partial charge on any atom is -0.462 e. The van der Waals surface area contributed by atoms with E-state index in [1.54, 1.807) is 42.0 Å². The van der Waals surface area contributed by atoms with E-state index in [0.29, 0.717) is 29.3 Å². The van der Waals surface area contributed by atoms with E-state index in [1.165, 1.54) is 22.6 Å². The van der Waals surface area contributed by atoms with E-state index in [2.05, 4.69) is 9.98 Å². The predicted octanol–water partition coefficient (Wildman–Crippen LogP) is 4.28. The number of aromatic nitrogens is 3. The van der Waals surface area contributed by atoms with Crippen LogP contribution in [0.4, 0.5) is 0 Å². The molecule has 0 atom stereocenters. The van der Waals surface area contributed by atoms with Gasteiger partial charge in [0.05, 0.1) is 22.6 Å². The van der Waals surface area contributed by atoms with Crippen molar-refractivity contribution in [3.05, 3.63) is 85.7 Å². The number of fused-ring (bicyclic) bond motifs is 2. The van der Waals surface area contributed by atoms with Gasteiger partial charge in [0, 0.05) is 17.8 Å². The molecular formula is C24H20Cl2N4O4. The minimum absolute atomic E-state index is 0.0240. The molecule has 1 amide bonds. The first kappa shape index (κ1) is 23.7. The van der Waals surface area contributed by atoms with E-state index >= 15 is 0 Å². The lowest BCUT2D eigenvalue weighted by atomic mass is 10.2. The fourth-order valence-electron chi connectivity index (χ4n) is 3.61. The van der Waals surface area contributed by atoms with E-state index in [9.17, 15) is 14.4 Å². The summed E-state index contributed by atoms with van der Waals surface area (Å²) >= 11 is 12.2. The molecule has 0 saturated heterocycles. The van der Waals surface area contributed by atoms with Crippen molar-refractivity contribution in [1.29, 1.82) is 0 Å². The van der Waals surface area contributed by atoms with Gasteiger partial charge < -0.3 is 9.30 Å². The molecule has 0 bridgehead atoms. The van der Waals surface area contributed by atoms with Crippen LogP contribution in [0.15, 0.2) is 58.4 Å². The van der Waals surface area contributed by atoms with E-state index in [0.717, 1.165) is 0 Å². The third kappa shape index (κ3) is 4.34. The van der Waals surface area contributed by atoms with Crippen molar-refractivity contribution >= 4 is 51.8 Å². The van der Waals surface area contributed by atoms with Gasteiger partial charge in [-0.05, 0) is 49.7 Å². The van der Waals surface area contributed by atoms with E-state index < -0.39 is 11.9 Å². The zero-order valence-corrected chi connectivity index (χ0v) is 19.9. The molecule has 0 aliphatic carbocycles. The van der Waals surface area contributed by atoms with Crippen LogP contribution in [0.3, 0.4) is 0 Å². The Morgan fingerprint density at radius 1 is 1.09 bits per heavy atom. The SMILES string of the molecule is CCCn1c(=NC(=O)c2cc(Cl)ccc2Cl)c(C(=O)OCC)cc2c(=O)n3ccccc3nc21. The molecule has 3 aromatic heterocycles. The number of hydrogen-bond donors (Lipinski definition) is 0. The predicted molar refractivity (Wildman–Crippen MR) is 130 cm³/mol. The molecule has 0 N–H and O–H groups in total. The number of amides is 1. The van der Waals surface area contributed by atoms with Gasteiger partial charge in [0.1, 0.15) is 16.9 Å². The minimum atomic E-state index is -0.712. The smallest absolute Gasteiger partial charge is 0.341 e. The Labute approximate surface area is 204 Å². The van der Waals surface area contributed by atoms with E-state index in [4.69, 9.17) is 27.9 Å². The molecule has 0 fully saturated rings. The van der Waals surface area contributed by atoms with Crippen LogP contribution in [-0.2, 0) is 11.3 Å². The van der Waals surface area contributed by atoms with Gasteiger partial charge in [-0.25, -0.2) is 9.78 Å². The monoisotopic (exact) mass is 498 g/mol. The maximum atomic E-state index is 13.2. The Kier molecular flexibility index (Phi) is 6.81. The summed E-state index contributed by atoms with van der Waals surface area (Å²) in [6.45, 7) is 4.03. The fraction of sp³-hybridized carbons (Fsp3) is 0.208. The number of hydrogen-bond acceptors (Lipinski definition) is 5. The van der Waals surface area contributed by atoms with Gasteiger partial charge in [0.25, 0.3) is 11.5 Å². The van der Waals surface area contributed by atoms with Crippen molar-refractivity contribution in [3.8, 4) is 0 Å². The largest absolute Gasteiger partial charge is 0.462 e.